The van der Waals surface area contributed by atoms with Crippen molar-refractivity contribution in [2.75, 3.05) is 13.7 Å². The monoisotopic (exact) mass is 222 g/mol. The predicted molar refractivity (Wildman–Crippen MR) is 57.5 cm³/mol. The summed E-state index contributed by atoms with van der Waals surface area (Å²) >= 11 is 0. The lowest BCUT2D eigenvalue weighted by molar-refractivity contribution is -0.145. The molecule has 0 amide bonds. The normalized spacial score (nSPS) is 19.8. The number of carbonyl (C=O) groups excluding carboxylic acids is 1. The number of ether oxygens (including phenoxy) is 2. The number of phenols is 1. The second-order valence-electron chi connectivity index (χ2n) is 3.95. The van der Waals surface area contributed by atoms with Gasteiger partial charge in [0.1, 0.15) is 11.5 Å². The number of aromatic hydroxyl groups is 1. The predicted octanol–water partition coefficient (Wildman–Crippen LogP) is 1.68. The summed E-state index contributed by atoms with van der Waals surface area (Å²) < 4.78 is 10.2. The molecule has 1 aliphatic heterocycles. The van der Waals surface area contributed by atoms with Gasteiger partial charge in [-0.15, -0.1) is 0 Å². The summed E-state index contributed by atoms with van der Waals surface area (Å²) in [5, 5.41) is 9.30. The van der Waals surface area contributed by atoms with Crippen molar-refractivity contribution in [3.8, 4) is 11.5 Å². The van der Waals surface area contributed by atoms with E-state index in [1.54, 1.807) is 18.2 Å². The highest BCUT2D eigenvalue weighted by Crippen LogP contribution is 2.40. The highest BCUT2D eigenvalue weighted by Gasteiger charge is 2.33. The van der Waals surface area contributed by atoms with Crippen LogP contribution in [0.25, 0.3) is 0 Å². The Kier molecular flexibility index (Phi) is 2.73. The van der Waals surface area contributed by atoms with Crippen LogP contribution in [-0.2, 0) is 9.53 Å². The minimum absolute atomic E-state index is 0.00282. The summed E-state index contributed by atoms with van der Waals surface area (Å²) in [6, 6.07) is 4.96. The van der Waals surface area contributed by atoms with Crippen LogP contribution < -0.4 is 4.74 Å². The molecule has 0 aliphatic carbocycles. The fourth-order valence-electron chi connectivity index (χ4n) is 1.99. The van der Waals surface area contributed by atoms with Crippen molar-refractivity contribution in [1.29, 1.82) is 0 Å². The van der Waals surface area contributed by atoms with Gasteiger partial charge in [-0.05, 0) is 6.07 Å². The first-order valence-electron chi connectivity index (χ1n) is 5.17. The summed E-state index contributed by atoms with van der Waals surface area (Å²) in [5.41, 5.74) is 0.954. The van der Waals surface area contributed by atoms with Gasteiger partial charge in [0, 0.05) is 17.5 Å². The number of esters is 1. The van der Waals surface area contributed by atoms with Crippen molar-refractivity contribution in [3.63, 3.8) is 0 Å². The van der Waals surface area contributed by atoms with E-state index in [9.17, 15) is 9.90 Å². The third-order valence-electron chi connectivity index (χ3n) is 2.99. The Labute approximate surface area is 93.8 Å². The Bertz CT molecular complexity index is 413. The molecule has 1 aromatic carbocycles. The molecule has 4 nitrogen and oxygen atoms in total. The molecule has 86 valence electrons. The van der Waals surface area contributed by atoms with Crippen LogP contribution in [0.5, 0.6) is 11.5 Å². The highest BCUT2D eigenvalue weighted by atomic mass is 16.5. The largest absolute Gasteiger partial charge is 0.508 e. The molecule has 1 N–H and O–H groups in total. The molecular formula is C12H14O4. The van der Waals surface area contributed by atoms with Crippen LogP contribution in [0.4, 0.5) is 0 Å². The van der Waals surface area contributed by atoms with E-state index >= 15 is 0 Å². The number of methoxy groups -OCH3 is 1. The quantitative estimate of drug-likeness (QED) is 0.773. The Morgan fingerprint density at radius 2 is 2.38 bits per heavy atom. The Morgan fingerprint density at radius 3 is 3.06 bits per heavy atom. The van der Waals surface area contributed by atoms with Crippen molar-refractivity contribution in [3.05, 3.63) is 23.8 Å². The molecule has 0 bridgehead atoms. The third kappa shape index (κ3) is 1.71. The molecule has 0 fully saturated rings. The SMILES string of the molecule is COC(=O)C(C)C1COc2cc(O)ccc21. The lowest BCUT2D eigenvalue weighted by Gasteiger charge is -2.15. The molecule has 16 heavy (non-hydrogen) atoms. The molecule has 2 rings (SSSR count). The van der Waals surface area contributed by atoms with Gasteiger partial charge in [-0.25, -0.2) is 0 Å². The van der Waals surface area contributed by atoms with Crippen molar-refractivity contribution in [1.82, 2.24) is 0 Å². The van der Waals surface area contributed by atoms with E-state index in [1.807, 2.05) is 6.92 Å². The molecular weight excluding hydrogens is 208 g/mol. The van der Waals surface area contributed by atoms with Gasteiger partial charge < -0.3 is 14.6 Å². The number of hydrogen-bond donors (Lipinski definition) is 1. The van der Waals surface area contributed by atoms with E-state index in [0.29, 0.717) is 12.4 Å². The topological polar surface area (TPSA) is 55.8 Å². The first kappa shape index (κ1) is 10.8. The molecule has 0 spiro atoms. The molecule has 1 aromatic rings. The van der Waals surface area contributed by atoms with Crippen LogP contribution in [0.1, 0.15) is 18.4 Å². The van der Waals surface area contributed by atoms with Crippen molar-refractivity contribution >= 4 is 5.97 Å². The van der Waals surface area contributed by atoms with E-state index in [0.717, 1.165) is 5.56 Å². The average molecular weight is 222 g/mol. The zero-order valence-corrected chi connectivity index (χ0v) is 9.27. The molecule has 1 heterocycles. The van der Waals surface area contributed by atoms with Gasteiger partial charge >= 0.3 is 5.97 Å². The van der Waals surface area contributed by atoms with Crippen LogP contribution in [0.15, 0.2) is 18.2 Å². The Morgan fingerprint density at radius 1 is 1.62 bits per heavy atom. The van der Waals surface area contributed by atoms with Crippen LogP contribution in [0.3, 0.4) is 0 Å². The Balaban J connectivity index is 2.26. The highest BCUT2D eigenvalue weighted by molar-refractivity contribution is 5.73. The zero-order valence-electron chi connectivity index (χ0n) is 9.27. The molecule has 2 unspecified atom stereocenters. The minimum atomic E-state index is -0.241. The van der Waals surface area contributed by atoms with Crippen LogP contribution in [-0.4, -0.2) is 24.8 Å². The van der Waals surface area contributed by atoms with Crippen LogP contribution >= 0.6 is 0 Å². The Hall–Kier alpha value is -1.71. The number of rotatable bonds is 2. The molecule has 4 heteroatoms. The van der Waals surface area contributed by atoms with Gasteiger partial charge in [0.2, 0.25) is 0 Å². The molecule has 0 radical (unpaired) electrons. The summed E-state index contributed by atoms with van der Waals surface area (Å²) in [6.45, 7) is 2.27. The van der Waals surface area contributed by atoms with Gasteiger partial charge in [-0.3, -0.25) is 4.79 Å². The van der Waals surface area contributed by atoms with Crippen molar-refractivity contribution < 1.29 is 19.4 Å². The maximum absolute atomic E-state index is 11.4. The first-order valence-corrected chi connectivity index (χ1v) is 5.17. The number of fused-ring (bicyclic) bond motifs is 1. The fourth-order valence-corrected chi connectivity index (χ4v) is 1.99. The van der Waals surface area contributed by atoms with Crippen molar-refractivity contribution in [2.24, 2.45) is 5.92 Å². The first-order chi connectivity index (χ1) is 7.63. The number of phenolic OH excluding ortho intramolecular Hbond substituents is 1. The number of hydrogen-bond acceptors (Lipinski definition) is 4. The summed E-state index contributed by atoms with van der Waals surface area (Å²) in [6.07, 6.45) is 0. The van der Waals surface area contributed by atoms with Gasteiger partial charge in [0.15, 0.2) is 0 Å². The maximum atomic E-state index is 11.4. The molecule has 2 atom stereocenters. The smallest absolute Gasteiger partial charge is 0.309 e. The summed E-state index contributed by atoms with van der Waals surface area (Å²) in [7, 11) is 1.38. The van der Waals surface area contributed by atoms with Crippen molar-refractivity contribution in [2.45, 2.75) is 12.8 Å². The lowest BCUT2D eigenvalue weighted by atomic mass is 9.89. The van der Waals surface area contributed by atoms with E-state index < -0.39 is 0 Å². The van der Waals surface area contributed by atoms with E-state index in [2.05, 4.69) is 0 Å². The minimum Gasteiger partial charge on any atom is -0.508 e. The second-order valence-corrected chi connectivity index (χ2v) is 3.95. The lowest BCUT2D eigenvalue weighted by Crippen LogP contribution is -2.21. The molecule has 0 saturated heterocycles. The van der Waals surface area contributed by atoms with Gasteiger partial charge in [0.05, 0.1) is 19.6 Å². The van der Waals surface area contributed by atoms with Gasteiger partial charge in [-0.1, -0.05) is 13.0 Å². The number of carbonyl (C=O) groups is 1. The van der Waals surface area contributed by atoms with Gasteiger partial charge in [0.25, 0.3) is 0 Å². The molecule has 0 aromatic heterocycles. The second kappa shape index (κ2) is 4.04. The average Bonchev–Trinajstić information content (AvgIpc) is 2.69. The van der Waals surface area contributed by atoms with Crippen LogP contribution in [0.2, 0.25) is 0 Å². The maximum Gasteiger partial charge on any atom is 0.309 e. The fraction of sp³-hybridized carbons (Fsp3) is 0.417. The van der Waals surface area contributed by atoms with Crippen LogP contribution in [0, 0.1) is 5.92 Å². The number of benzene rings is 1. The molecule has 0 saturated carbocycles. The van der Waals surface area contributed by atoms with E-state index in [-0.39, 0.29) is 23.6 Å². The zero-order chi connectivity index (χ0) is 11.7. The van der Waals surface area contributed by atoms with Gasteiger partial charge in [-0.2, -0.15) is 0 Å². The summed E-state index contributed by atoms with van der Waals surface area (Å²) in [4.78, 5) is 11.4. The third-order valence-corrected chi connectivity index (χ3v) is 2.99. The summed E-state index contributed by atoms with van der Waals surface area (Å²) in [5.74, 6) is 0.347. The standard InChI is InChI=1S/C12H14O4/c1-7(12(14)15-2)10-6-16-11-5-8(13)3-4-9(10)11/h3-5,7,10,13H,6H2,1-2H3. The molecule has 1 aliphatic rings. The van der Waals surface area contributed by atoms with E-state index in [1.165, 1.54) is 7.11 Å². The van der Waals surface area contributed by atoms with E-state index in [4.69, 9.17) is 9.47 Å².